The monoisotopic (exact) mass is 233 g/mol. The first kappa shape index (κ1) is 11.5. The molecule has 1 N–H and O–H groups in total. The van der Waals surface area contributed by atoms with Crippen molar-refractivity contribution >= 4 is 5.91 Å². The summed E-state index contributed by atoms with van der Waals surface area (Å²) in [7, 11) is 0. The molecule has 2 aromatic rings. The fourth-order valence-corrected chi connectivity index (χ4v) is 1.71. The van der Waals surface area contributed by atoms with E-state index < -0.39 is 0 Å². The molecule has 0 aliphatic rings. The fraction of sp³-hybridized carbons (Fsp3) is 0.308. The van der Waals surface area contributed by atoms with E-state index in [0.29, 0.717) is 17.9 Å². The van der Waals surface area contributed by atoms with Gasteiger partial charge in [0, 0.05) is 6.54 Å². The molecule has 0 bridgehead atoms. The maximum Gasteiger partial charge on any atom is 0.254 e. The molecule has 90 valence electrons. The van der Waals surface area contributed by atoms with E-state index in [4.69, 9.17) is 8.83 Å². The van der Waals surface area contributed by atoms with Gasteiger partial charge in [0.2, 0.25) is 0 Å². The zero-order valence-corrected chi connectivity index (χ0v) is 9.95. The highest BCUT2D eigenvalue weighted by atomic mass is 16.3. The van der Waals surface area contributed by atoms with Gasteiger partial charge in [0.25, 0.3) is 5.91 Å². The van der Waals surface area contributed by atoms with Gasteiger partial charge in [-0.2, -0.15) is 0 Å². The molecule has 2 aromatic heterocycles. The van der Waals surface area contributed by atoms with Gasteiger partial charge in [-0.05, 0) is 38.0 Å². The Kier molecular flexibility index (Phi) is 3.32. The molecule has 0 fully saturated rings. The average Bonchev–Trinajstić information content (AvgIpc) is 2.88. The zero-order valence-electron chi connectivity index (χ0n) is 9.95. The van der Waals surface area contributed by atoms with Crippen molar-refractivity contribution in [2.45, 2.75) is 20.3 Å². The van der Waals surface area contributed by atoms with E-state index in [1.165, 1.54) is 0 Å². The van der Waals surface area contributed by atoms with Crippen LogP contribution in [0.3, 0.4) is 0 Å². The molecule has 0 unspecified atom stereocenters. The lowest BCUT2D eigenvalue weighted by Gasteiger charge is -2.02. The minimum Gasteiger partial charge on any atom is -0.472 e. The molecule has 0 aromatic carbocycles. The number of aryl methyl sites for hydroxylation is 2. The van der Waals surface area contributed by atoms with E-state index in [9.17, 15) is 4.79 Å². The van der Waals surface area contributed by atoms with Crippen LogP contribution in [-0.4, -0.2) is 12.5 Å². The van der Waals surface area contributed by atoms with Crippen molar-refractivity contribution in [3.63, 3.8) is 0 Å². The molecule has 1 amide bonds. The predicted octanol–water partition coefficient (Wildman–Crippen LogP) is 2.46. The Hall–Kier alpha value is -1.97. The van der Waals surface area contributed by atoms with Gasteiger partial charge >= 0.3 is 0 Å². The summed E-state index contributed by atoms with van der Waals surface area (Å²) in [5.74, 6) is 1.31. The van der Waals surface area contributed by atoms with Crippen molar-refractivity contribution in [1.82, 2.24) is 5.32 Å². The van der Waals surface area contributed by atoms with Crippen LogP contribution in [0.5, 0.6) is 0 Å². The standard InChI is InChI=1S/C13H15NO3/c1-9-7-12(10(2)17-9)13(15)14-5-3-11-4-6-16-8-11/h4,6-8H,3,5H2,1-2H3,(H,14,15). The third kappa shape index (κ3) is 2.78. The van der Waals surface area contributed by atoms with E-state index in [1.807, 2.05) is 13.0 Å². The van der Waals surface area contributed by atoms with Crippen molar-refractivity contribution < 1.29 is 13.6 Å². The highest BCUT2D eigenvalue weighted by Gasteiger charge is 2.12. The van der Waals surface area contributed by atoms with Gasteiger partial charge in [0.1, 0.15) is 11.5 Å². The van der Waals surface area contributed by atoms with Crippen molar-refractivity contribution in [1.29, 1.82) is 0 Å². The number of amides is 1. The molecule has 2 heterocycles. The first-order valence-corrected chi connectivity index (χ1v) is 5.53. The number of carbonyl (C=O) groups is 1. The van der Waals surface area contributed by atoms with Crippen molar-refractivity contribution in [3.8, 4) is 0 Å². The Morgan fingerprint density at radius 2 is 2.24 bits per heavy atom. The lowest BCUT2D eigenvalue weighted by atomic mass is 10.2. The first-order chi connectivity index (χ1) is 8.16. The predicted molar refractivity (Wildman–Crippen MR) is 62.9 cm³/mol. The van der Waals surface area contributed by atoms with Gasteiger partial charge in [0.05, 0.1) is 18.1 Å². The number of furan rings is 2. The molecule has 4 heteroatoms. The van der Waals surface area contributed by atoms with Crippen molar-refractivity contribution in [2.75, 3.05) is 6.54 Å². The van der Waals surface area contributed by atoms with Crippen LogP contribution in [0.2, 0.25) is 0 Å². The molecule has 4 nitrogen and oxygen atoms in total. The second-order valence-electron chi connectivity index (χ2n) is 3.96. The summed E-state index contributed by atoms with van der Waals surface area (Å²) in [6.45, 7) is 4.20. The maximum absolute atomic E-state index is 11.8. The lowest BCUT2D eigenvalue weighted by molar-refractivity contribution is 0.0952. The molecule has 0 saturated carbocycles. The highest BCUT2D eigenvalue weighted by molar-refractivity contribution is 5.95. The molecule has 0 saturated heterocycles. The lowest BCUT2D eigenvalue weighted by Crippen LogP contribution is -2.25. The summed E-state index contributed by atoms with van der Waals surface area (Å²) in [5.41, 5.74) is 1.68. The Morgan fingerprint density at radius 1 is 1.41 bits per heavy atom. The molecular formula is C13H15NO3. The molecule has 0 aliphatic carbocycles. The average molecular weight is 233 g/mol. The normalized spacial score (nSPS) is 10.5. The first-order valence-electron chi connectivity index (χ1n) is 5.53. The Balaban J connectivity index is 1.87. The third-order valence-corrected chi connectivity index (χ3v) is 2.56. The number of hydrogen-bond acceptors (Lipinski definition) is 3. The summed E-state index contributed by atoms with van der Waals surface area (Å²) >= 11 is 0. The quantitative estimate of drug-likeness (QED) is 0.882. The largest absolute Gasteiger partial charge is 0.472 e. The summed E-state index contributed by atoms with van der Waals surface area (Å²) in [6.07, 6.45) is 4.07. The van der Waals surface area contributed by atoms with Gasteiger partial charge in [-0.1, -0.05) is 0 Å². The minimum absolute atomic E-state index is 0.0946. The fourth-order valence-electron chi connectivity index (χ4n) is 1.71. The van der Waals surface area contributed by atoms with Gasteiger partial charge in [0.15, 0.2) is 0 Å². The SMILES string of the molecule is Cc1cc(C(=O)NCCc2ccoc2)c(C)o1. The molecule has 0 atom stereocenters. The van der Waals surface area contributed by atoms with Gasteiger partial charge in [-0.3, -0.25) is 4.79 Å². The third-order valence-electron chi connectivity index (χ3n) is 2.56. The summed E-state index contributed by atoms with van der Waals surface area (Å²) in [5, 5.41) is 2.85. The molecule has 0 aliphatic heterocycles. The summed E-state index contributed by atoms with van der Waals surface area (Å²) in [6, 6.07) is 3.64. The van der Waals surface area contributed by atoms with Crippen LogP contribution in [0.4, 0.5) is 0 Å². The second kappa shape index (κ2) is 4.91. The van der Waals surface area contributed by atoms with E-state index in [0.717, 1.165) is 17.7 Å². The smallest absolute Gasteiger partial charge is 0.254 e. The van der Waals surface area contributed by atoms with Crippen LogP contribution in [0.15, 0.2) is 33.5 Å². The zero-order chi connectivity index (χ0) is 12.3. The Labute approximate surface area is 99.6 Å². The maximum atomic E-state index is 11.8. The number of rotatable bonds is 4. The molecule has 17 heavy (non-hydrogen) atoms. The van der Waals surface area contributed by atoms with E-state index in [2.05, 4.69) is 5.32 Å². The van der Waals surface area contributed by atoms with Gasteiger partial charge in [-0.15, -0.1) is 0 Å². The highest BCUT2D eigenvalue weighted by Crippen LogP contribution is 2.13. The van der Waals surface area contributed by atoms with E-state index in [-0.39, 0.29) is 5.91 Å². The van der Waals surface area contributed by atoms with E-state index >= 15 is 0 Å². The number of carbonyl (C=O) groups excluding carboxylic acids is 1. The van der Waals surface area contributed by atoms with Crippen LogP contribution in [0, 0.1) is 13.8 Å². The molecule has 2 rings (SSSR count). The summed E-state index contributed by atoms with van der Waals surface area (Å²) in [4.78, 5) is 11.8. The van der Waals surface area contributed by atoms with Crippen LogP contribution in [-0.2, 0) is 6.42 Å². The van der Waals surface area contributed by atoms with Crippen LogP contribution >= 0.6 is 0 Å². The van der Waals surface area contributed by atoms with Crippen LogP contribution in [0.25, 0.3) is 0 Å². The van der Waals surface area contributed by atoms with Crippen LogP contribution < -0.4 is 5.32 Å². The minimum atomic E-state index is -0.0946. The Bertz CT molecular complexity index is 497. The Morgan fingerprint density at radius 3 is 2.82 bits per heavy atom. The van der Waals surface area contributed by atoms with Crippen molar-refractivity contribution in [3.05, 3.63) is 47.3 Å². The summed E-state index contributed by atoms with van der Waals surface area (Å²) < 4.78 is 10.3. The second-order valence-corrected chi connectivity index (χ2v) is 3.96. The van der Waals surface area contributed by atoms with Gasteiger partial charge in [-0.25, -0.2) is 0 Å². The number of hydrogen-bond donors (Lipinski definition) is 1. The molecule has 0 spiro atoms. The van der Waals surface area contributed by atoms with Crippen LogP contribution in [0.1, 0.15) is 27.4 Å². The van der Waals surface area contributed by atoms with E-state index in [1.54, 1.807) is 25.5 Å². The topological polar surface area (TPSA) is 55.4 Å². The number of nitrogens with one attached hydrogen (secondary N) is 1. The van der Waals surface area contributed by atoms with Gasteiger partial charge < -0.3 is 14.2 Å². The van der Waals surface area contributed by atoms with Crippen molar-refractivity contribution in [2.24, 2.45) is 0 Å². The molecular weight excluding hydrogens is 218 g/mol. The molecule has 0 radical (unpaired) electrons.